The maximum absolute atomic E-state index is 12.4. The first kappa shape index (κ1) is 16.9. The molecule has 25 heavy (non-hydrogen) atoms. The van der Waals surface area contributed by atoms with Gasteiger partial charge in [-0.05, 0) is 54.1 Å². The molecule has 0 radical (unpaired) electrons. The molecule has 7 nitrogen and oxygen atoms in total. The number of amides is 1. The molecule has 0 aliphatic rings. The highest BCUT2D eigenvalue weighted by atomic mass is 35.5. The monoisotopic (exact) mass is 357 g/mol. The number of nitrogens with one attached hydrogen (secondary N) is 1. The molecule has 8 heteroatoms. The van der Waals surface area contributed by atoms with E-state index in [1.165, 1.54) is 11.0 Å². The number of hydrogen-bond donors (Lipinski definition) is 1. The van der Waals surface area contributed by atoms with E-state index in [1.807, 2.05) is 13.0 Å². The fourth-order valence-corrected chi connectivity index (χ4v) is 2.39. The highest BCUT2D eigenvalue weighted by Gasteiger charge is 2.16. The van der Waals surface area contributed by atoms with E-state index in [9.17, 15) is 4.79 Å². The molecule has 1 N–H and O–H groups in total. The lowest BCUT2D eigenvalue weighted by atomic mass is 10.2. The van der Waals surface area contributed by atoms with E-state index in [4.69, 9.17) is 16.3 Å². The van der Waals surface area contributed by atoms with Crippen molar-refractivity contribution in [3.8, 4) is 11.4 Å². The van der Waals surface area contributed by atoms with Crippen molar-refractivity contribution in [2.45, 2.75) is 20.0 Å². The van der Waals surface area contributed by atoms with E-state index >= 15 is 0 Å². The van der Waals surface area contributed by atoms with E-state index < -0.39 is 6.10 Å². The smallest absolute Gasteiger partial charge is 0.265 e. The summed E-state index contributed by atoms with van der Waals surface area (Å²) in [5, 5.41) is 14.4. The van der Waals surface area contributed by atoms with Crippen LogP contribution in [0.4, 0.5) is 5.69 Å². The van der Waals surface area contributed by atoms with Gasteiger partial charge in [0, 0.05) is 16.8 Å². The summed E-state index contributed by atoms with van der Waals surface area (Å²) in [4.78, 5) is 12.4. The van der Waals surface area contributed by atoms with Crippen LogP contribution in [0.15, 0.2) is 48.8 Å². The van der Waals surface area contributed by atoms with Crippen LogP contribution in [0, 0.1) is 6.92 Å². The molecule has 3 aromatic rings. The summed E-state index contributed by atoms with van der Waals surface area (Å²) in [6.07, 6.45) is 0.791. The number of hydrogen-bond acceptors (Lipinski definition) is 5. The lowest BCUT2D eigenvalue weighted by Gasteiger charge is -2.16. The largest absolute Gasteiger partial charge is 0.481 e. The number of benzene rings is 2. The number of carbonyl (C=O) groups is 1. The Labute approximate surface area is 149 Å². The average Bonchev–Trinajstić information content (AvgIpc) is 3.14. The predicted molar refractivity (Wildman–Crippen MR) is 94.1 cm³/mol. The van der Waals surface area contributed by atoms with E-state index in [2.05, 4.69) is 20.8 Å². The second-order valence-corrected chi connectivity index (χ2v) is 5.82. The zero-order valence-corrected chi connectivity index (χ0v) is 14.4. The Bertz CT molecular complexity index is 883. The lowest BCUT2D eigenvalue weighted by molar-refractivity contribution is -0.122. The molecule has 0 bridgehead atoms. The summed E-state index contributed by atoms with van der Waals surface area (Å²) < 4.78 is 7.24. The fraction of sp³-hybridized carbons (Fsp3) is 0.176. The van der Waals surface area contributed by atoms with Gasteiger partial charge in [0.15, 0.2) is 6.10 Å². The predicted octanol–water partition coefficient (Wildman–Crippen LogP) is 3.03. The Morgan fingerprint density at radius 1 is 1.28 bits per heavy atom. The molecule has 0 saturated carbocycles. The van der Waals surface area contributed by atoms with Crippen LogP contribution in [0.5, 0.6) is 5.75 Å². The number of nitrogens with zero attached hydrogens (tertiary/aromatic N) is 4. The van der Waals surface area contributed by atoms with Gasteiger partial charge in [-0.15, -0.1) is 5.10 Å². The van der Waals surface area contributed by atoms with Crippen molar-refractivity contribution in [2.24, 2.45) is 0 Å². The second kappa shape index (κ2) is 7.31. The van der Waals surface area contributed by atoms with Gasteiger partial charge in [0.05, 0.1) is 5.69 Å². The molecule has 0 fully saturated rings. The van der Waals surface area contributed by atoms with Crippen LogP contribution in [0.3, 0.4) is 0 Å². The third-order valence-electron chi connectivity index (χ3n) is 3.64. The summed E-state index contributed by atoms with van der Waals surface area (Å²) in [5.74, 6) is 0.275. The molecule has 128 valence electrons. The summed E-state index contributed by atoms with van der Waals surface area (Å²) in [7, 11) is 0. The van der Waals surface area contributed by atoms with Crippen LogP contribution in [0.2, 0.25) is 5.02 Å². The van der Waals surface area contributed by atoms with Gasteiger partial charge in [-0.1, -0.05) is 23.7 Å². The van der Waals surface area contributed by atoms with E-state index in [0.717, 1.165) is 11.3 Å². The minimum Gasteiger partial charge on any atom is -0.481 e. The molecule has 1 amide bonds. The molecule has 3 rings (SSSR count). The van der Waals surface area contributed by atoms with Gasteiger partial charge in [0.25, 0.3) is 5.91 Å². The standard InChI is InChI=1S/C17H16ClN5O2/c1-11-15(18)7-4-8-16(11)20-17(24)12(2)25-14-6-3-5-13(9-14)23-10-19-21-22-23/h3-10,12H,1-2H3,(H,20,24). The number of rotatable bonds is 5. The zero-order chi connectivity index (χ0) is 17.8. The molecule has 1 heterocycles. The molecule has 0 spiro atoms. The number of aromatic nitrogens is 4. The Morgan fingerprint density at radius 2 is 2.08 bits per heavy atom. The van der Waals surface area contributed by atoms with Gasteiger partial charge in [-0.25, -0.2) is 4.68 Å². The third-order valence-corrected chi connectivity index (χ3v) is 4.05. The molecular formula is C17H16ClN5O2. The van der Waals surface area contributed by atoms with E-state index in [-0.39, 0.29) is 5.91 Å². The fourth-order valence-electron chi connectivity index (χ4n) is 2.21. The van der Waals surface area contributed by atoms with Gasteiger partial charge in [-0.2, -0.15) is 0 Å². The van der Waals surface area contributed by atoms with E-state index in [0.29, 0.717) is 16.5 Å². The topological polar surface area (TPSA) is 81.9 Å². The highest BCUT2D eigenvalue weighted by molar-refractivity contribution is 6.31. The molecule has 0 saturated heterocycles. The number of carbonyl (C=O) groups excluding carboxylic acids is 1. The first-order valence-corrected chi connectivity index (χ1v) is 7.98. The zero-order valence-electron chi connectivity index (χ0n) is 13.7. The van der Waals surface area contributed by atoms with Crippen LogP contribution in [-0.2, 0) is 4.79 Å². The summed E-state index contributed by atoms with van der Waals surface area (Å²) in [6.45, 7) is 3.53. The molecule has 0 aliphatic heterocycles. The second-order valence-electron chi connectivity index (χ2n) is 5.41. The summed E-state index contributed by atoms with van der Waals surface area (Å²) >= 11 is 6.07. The van der Waals surface area contributed by atoms with Gasteiger partial charge in [-0.3, -0.25) is 4.79 Å². The average molecular weight is 358 g/mol. The van der Waals surface area contributed by atoms with Gasteiger partial charge >= 0.3 is 0 Å². The lowest BCUT2D eigenvalue weighted by Crippen LogP contribution is -2.30. The minimum atomic E-state index is -0.692. The Kier molecular flexibility index (Phi) is 4.95. The highest BCUT2D eigenvalue weighted by Crippen LogP contribution is 2.23. The first-order chi connectivity index (χ1) is 12.0. The number of halogens is 1. The molecule has 1 unspecified atom stereocenters. The maximum atomic E-state index is 12.4. The number of ether oxygens (including phenoxy) is 1. The van der Waals surface area contributed by atoms with Crippen molar-refractivity contribution in [1.82, 2.24) is 20.2 Å². The third kappa shape index (κ3) is 3.95. The van der Waals surface area contributed by atoms with Crippen molar-refractivity contribution in [1.29, 1.82) is 0 Å². The molecule has 1 aromatic heterocycles. The quantitative estimate of drug-likeness (QED) is 0.759. The molecule has 0 aliphatic carbocycles. The van der Waals surface area contributed by atoms with Gasteiger partial charge in [0.1, 0.15) is 12.1 Å². The SMILES string of the molecule is Cc1c(Cl)cccc1NC(=O)C(C)Oc1cccc(-n2cnnn2)c1. The van der Waals surface area contributed by atoms with Crippen molar-refractivity contribution >= 4 is 23.2 Å². The first-order valence-electron chi connectivity index (χ1n) is 7.60. The van der Waals surface area contributed by atoms with Crippen molar-refractivity contribution in [3.63, 3.8) is 0 Å². The van der Waals surface area contributed by atoms with Crippen LogP contribution in [0.25, 0.3) is 5.69 Å². The van der Waals surface area contributed by atoms with Crippen molar-refractivity contribution in [3.05, 3.63) is 59.4 Å². The Morgan fingerprint density at radius 3 is 2.84 bits per heavy atom. The Balaban J connectivity index is 1.69. The molecular weight excluding hydrogens is 342 g/mol. The molecule has 1 atom stereocenters. The minimum absolute atomic E-state index is 0.266. The van der Waals surface area contributed by atoms with Crippen molar-refractivity contribution in [2.75, 3.05) is 5.32 Å². The van der Waals surface area contributed by atoms with Crippen LogP contribution >= 0.6 is 11.6 Å². The van der Waals surface area contributed by atoms with Crippen LogP contribution < -0.4 is 10.1 Å². The summed E-state index contributed by atoms with van der Waals surface area (Å²) in [6, 6.07) is 12.5. The van der Waals surface area contributed by atoms with Crippen molar-refractivity contribution < 1.29 is 9.53 Å². The Hall–Kier alpha value is -2.93. The van der Waals surface area contributed by atoms with Crippen LogP contribution in [-0.4, -0.2) is 32.2 Å². The number of tetrazole rings is 1. The van der Waals surface area contributed by atoms with Gasteiger partial charge < -0.3 is 10.1 Å². The van der Waals surface area contributed by atoms with Crippen LogP contribution in [0.1, 0.15) is 12.5 Å². The number of anilines is 1. The summed E-state index contributed by atoms with van der Waals surface area (Å²) in [5.41, 5.74) is 2.21. The molecule has 2 aromatic carbocycles. The van der Waals surface area contributed by atoms with Gasteiger partial charge in [0.2, 0.25) is 0 Å². The maximum Gasteiger partial charge on any atom is 0.265 e. The normalized spacial score (nSPS) is 11.8. The van der Waals surface area contributed by atoms with E-state index in [1.54, 1.807) is 43.3 Å².